The summed E-state index contributed by atoms with van der Waals surface area (Å²) in [4.78, 5) is 57.6. The van der Waals surface area contributed by atoms with E-state index in [9.17, 15) is 10.1 Å². The van der Waals surface area contributed by atoms with Crippen LogP contribution in [0, 0.1) is 11.3 Å². The molecule has 4 saturated heterocycles. The molecule has 82 heavy (non-hydrogen) atoms. The van der Waals surface area contributed by atoms with E-state index in [1.54, 1.807) is 18.2 Å². The zero-order valence-electron chi connectivity index (χ0n) is 44.5. The number of carbonyl (C=O) groups is 1. The van der Waals surface area contributed by atoms with Crippen molar-refractivity contribution in [2.24, 2.45) is 0 Å². The minimum Gasteiger partial charge on any atom is -0.489 e. The summed E-state index contributed by atoms with van der Waals surface area (Å²) in [6.45, 7) is 11.0. The molecular weight excluding hydrogens is 1090 g/mol. The molecule has 4 aliphatic rings. The number of carboxylic acids is 1. The highest BCUT2D eigenvalue weighted by molar-refractivity contribution is 6.33. The Morgan fingerprint density at radius 1 is 0.598 bits per heavy atom. The third-order valence-corrected chi connectivity index (χ3v) is 14.3. The van der Waals surface area contributed by atoms with Gasteiger partial charge in [0, 0.05) is 85.9 Å². The number of nitrogens with one attached hydrogen (secondary N) is 2. The Labute approximate surface area is 481 Å². The smallest absolute Gasteiger partial charge is 0.335 e. The minimum absolute atomic E-state index is 0.0610. The van der Waals surface area contributed by atoms with Crippen molar-refractivity contribution >= 4 is 80.1 Å². The number of morpholine rings is 3. The van der Waals surface area contributed by atoms with Crippen LogP contribution in [0.25, 0.3) is 56.4 Å². The molecule has 0 spiro atoms. The lowest BCUT2D eigenvalue weighted by molar-refractivity contribution is 0.0254. The summed E-state index contributed by atoms with van der Waals surface area (Å²) < 4.78 is 27.6. The first-order chi connectivity index (χ1) is 40.1. The first kappa shape index (κ1) is 56.5. The Morgan fingerprint density at radius 2 is 1.10 bits per heavy atom. The highest BCUT2D eigenvalue weighted by atomic mass is 35.5. The number of nitrogen functional groups attached to an aromatic ring is 2. The van der Waals surface area contributed by atoms with Crippen LogP contribution in [-0.4, -0.2) is 159 Å². The van der Waals surface area contributed by atoms with Crippen molar-refractivity contribution in [1.82, 2.24) is 49.8 Å². The number of aromatic carboxylic acids is 1. The summed E-state index contributed by atoms with van der Waals surface area (Å²) >= 11 is 11.5. The molecular formula is C57H58Cl2N16O7. The summed E-state index contributed by atoms with van der Waals surface area (Å²) in [6.07, 6.45) is 5.88. The minimum atomic E-state index is -0.884. The van der Waals surface area contributed by atoms with Gasteiger partial charge in [0.05, 0.1) is 69.7 Å². The van der Waals surface area contributed by atoms with E-state index in [1.165, 1.54) is 24.7 Å². The maximum Gasteiger partial charge on any atom is 0.335 e. The quantitative estimate of drug-likeness (QED) is 0.0855. The summed E-state index contributed by atoms with van der Waals surface area (Å²) in [5.41, 5.74) is 20.9. The molecule has 0 unspecified atom stereocenters. The molecule has 4 aliphatic heterocycles. The molecule has 9 heterocycles. The summed E-state index contributed by atoms with van der Waals surface area (Å²) in [5.74, 6) is 1.39. The fourth-order valence-electron chi connectivity index (χ4n) is 9.35. The van der Waals surface area contributed by atoms with Crippen LogP contribution < -0.4 is 30.9 Å². The van der Waals surface area contributed by atoms with Crippen LogP contribution in [0.3, 0.4) is 0 Å². The predicted molar refractivity (Wildman–Crippen MR) is 312 cm³/mol. The Bertz CT molecular complexity index is 3650. The van der Waals surface area contributed by atoms with Gasteiger partial charge in [0.2, 0.25) is 0 Å². The Hall–Kier alpha value is -8.76. The standard InChI is InChI=1S/C27H26N6O3.C15H14ClN5O.C11H13NO3.C4H5ClN4/c28-16-20-14-18(4-5-23(20)36-22-6-10-34-11-7-22)24-25-27(30-17-29-24)32-26(31-25)19-2-1-3-21(15-19)33-8-12-35-13-9-33;16-13-12-15(18-9-17-13)20-14(19-12)10-2-1-3-11(8-10)21-4-6-22-7-5-21;13-11(14)9-2-1-3-10(8-9)12-4-6-15-7-5-12;5-3-2(6)4(7)9-1-8-3/h1-5,14-15,17,22H,6-13H2,(H,29,30,31,32);1-3,8-9H,4-7H2,(H,17,18,19,20);1-3,8H,4-7H2,(H,13,14);1H,6H2,(H2,7,8,9). The van der Waals surface area contributed by atoms with Gasteiger partial charge in [-0.2, -0.15) is 5.26 Å². The molecule has 9 aromatic rings. The number of anilines is 5. The number of halogens is 2. The molecule has 25 heteroatoms. The van der Waals surface area contributed by atoms with E-state index in [1.807, 2.05) is 48.5 Å². The number of rotatable bonds is 9. The van der Waals surface area contributed by atoms with E-state index in [2.05, 4.69) is 89.9 Å². The lowest BCUT2D eigenvalue weighted by Gasteiger charge is -2.29. The van der Waals surface area contributed by atoms with Gasteiger partial charge in [-0.15, -0.1) is 0 Å². The van der Waals surface area contributed by atoms with Gasteiger partial charge >= 0.3 is 5.97 Å². The van der Waals surface area contributed by atoms with Crippen LogP contribution in [0.4, 0.5) is 28.6 Å². The lowest BCUT2D eigenvalue weighted by Crippen LogP contribution is -2.36. The van der Waals surface area contributed by atoms with Crippen molar-refractivity contribution in [3.05, 3.63) is 131 Å². The molecule has 0 amide bonds. The number of nitriles is 1. The lowest BCUT2D eigenvalue weighted by atomic mass is 10.1. The summed E-state index contributed by atoms with van der Waals surface area (Å²) in [7, 11) is 0. The number of H-pyrrole nitrogens is 2. The van der Waals surface area contributed by atoms with Crippen LogP contribution in [-0.2, 0) is 18.9 Å². The third kappa shape index (κ3) is 14.0. The molecule has 0 bridgehead atoms. The molecule has 7 N–H and O–H groups in total. The number of nitrogens with two attached hydrogens (primary N) is 2. The summed E-state index contributed by atoms with van der Waals surface area (Å²) in [6, 6.07) is 31.4. The SMILES string of the molecule is Clc1ncnc2nc(-c3cccc(N4CCOCC4)c3)[nH]c12.N#Cc1cc(-c2ncnc3nc(-c4cccc(N5CCOCC5)c4)[nH]c23)ccc1OC1CCOCC1.Nc1ncnc(Cl)c1N.O=C(O)c1cccc(N2CCOCC2)c1. The number of carboxylic acid groups (broad SMARTS) is 1. The molecule has 0 atom stereocenters. The number of benzene rings is 4. The van der Waals surface area contributed by atoms with E-state index in [0.717, 1.165) is 124 Å². The third-order valence-electron chi connectivity index (χ3n) is 13.7. The normalized spacial score (nSPS) is 15.5. The second-order valence-electron chi connectivity index (χ2n) is 18.9. The molecule has 4 fully saturated rings. The number of aromatic amines is 2. The largest absolute Gasteiger partial charge is 0.489 e. The first-order valence-electron chi connectivity index (χ1n) is 26.5. The van der Waals surface area contributed by atoms with Crippen LogP contribution >= 0.6 is 23.2 Å². The van der Waals surface area contributed by atoms with Crippen molar-refractivity contribution < 1.29 is 33.6 Å². The average molecular weight is 1150 g/mol. The van der Waals surface area contributed by atoms with Crippen molar-refractivity contribution in [1.29, 1.82) is 5.26 Å². The van der Waals surface area contributed by atoms with Gasteiger partial charge in [-0.1, -0.05) is 53.5 Å². The van der Waals surface area contributed by atoms with E-state index in [-0.39, 0.29) is 22.8 Å². The number of fused-ring (bicyclic) bond motifs is 2. The Kier molecular flexibility index (Phi) is 18.7. The highest BCUT2D eigenvalue weighted by Gasteiger charge is 2.21. The van der Waals surface area contributed by atoms with Crippen LogP contribution in [0.2, 0.25) is 10.3 Å². The number of nitrogens with zero attached hydrogens (tertiary/aromatic N) is 12. The van der Waals surface area contributed by atoms with E-state index >= 15 is 0 Å². The number of aromatic nitrogens is 10. The second-order valence-corrected chi connectivity index (χ2v) is 19.6. The molecule has 4 aromatic carbocycles. The highest BCUT2D eigenvalue weighted by Crippen LogP contribution is 2.33. The average Bonchev–Trinajstić information content (AvgIpc) is 4.39. The Balaban J connectivity index is 0.000000138. The van der Waals surface area contributed by atoms with Crippen LogP contribution in [0.1, 0.15) is 28.8 Å². The number of hydrogen-bond acceptors (Lipinski definition) is 20. The van der Waals surface area contributed by atoms with Gasteiger partial charge in [0.1, 0.15) is 65.3 Å². The predicted octanol–water partition coefficient (Wildman–Crippen LogP) is 7.98. The van der Waals surface area contributed by atoms with Gasteiger partial charge in [-0.3, -0.25) is 0 Å². The maximum atomic E-state index is 10.8. The van der Waals surface area contributed by atoms with E-state index in [0.29, 0.717) is 71.0 Å². The van der Waals surface area contributed by atoms with Crippen molar-refractivity contribution in [3.63, 3.8) is 0 Å². The number of imidazole rings is 2. The van der Waals surface area contributed by atoms with Gasteiger partial charge < -0.3 is 64.9 Å². The monoisotopic (exact) mass is 1150 g/mol. The second kappa shape index (κ2) is 27.1. The van der Waals surface area contributed by atoms with E-state index in [4.69, 9.17) is 68.4 Å². The van der Waals surface area contributed by atoms with E-state index < -0.39 is 5.97 Å². The van der Waals surface area contributed by atoms with Gasteiger partial charge in [-0.25, -0.2) is 44.7 Å². The molecule has 0 radical (unpaired) electrons. The van der Waals surface area contributed by atoms with Gasteiger partial charge in [-0.05, 0) is 60.7 Å². The van der Waals surface area contributed by atoms with Crippen molar-refractivity contribution in [2.45, 2.75) is 18.9 Å². The zero-order valence-corrected chi connectivity index (χ0v) is 46.0. The molecule has 0 saturated carbocycles. The van der Waals surface area contributed by atoms with Crippen LogP contribution in [0.15, 0.2) is 110 Å². The summed E-state index contributed by atoms with van der Waals surface area (Å²) in [5, 5.41) is 19.2. The van der Waals surface area contributed by atoms with Crippen LogP contribution in [0.5, 0.6) is 5.75 Å². The molecule has 13 rings (SSSR count). The Morgan fingerprint density at radius 3 is 1.63 bits per heavy atom. The fraction of sp³-hybridized carbons (Fsp3) is 0.298. The zero-order chi connectivity index (χ0) is 56.8. The maximum absolute atomic E-state index is 10.8. The molecule has 5 aromatic heterocycles. The number of hydrogen-bond donors (Lipinski definition) is 5. The van der Waals surface area contributed by atoms with Crippen molar-refractivity contribution in [3.8, 4) is 45.9 Å². The molecule has 422 valence electrons. The van der Waals surface area contributed by atoms with Crippen molar-refractivity contribution in [2.75, 3.05) is 118 Å². The topological polar surface area (TPSA) is 304 Å². The fourth-order valence-corrected chi connectivity index (χ4v) is 9.66. The van der Waals surface area contributed by atoms with Gasteiger partial charge in [0.25, 0.3) is 0 Å². The molecule has 0 aliphatic carbocycles. The first-order valence-corrected chi connectivity index (χ1v) is 27.2. The molecule has 23 nitrogen and oxygen atoms in total. The number of ether oxygens (including phenoxy) is 5. The van der Waals surface area contributed by atoms with Gasteiger partial charge in [0.15, 0.2) is 27.4 Å².